The molecule has 2 aliphatic rings. The van der Waals surface area contributed by atoms with Crippen LogP contribution in [0.2, 0.25) is 0 Å². The van der Waals surface area contributed by atoms with Crippen molar-refractivity contribution in [2.75, 3.05) is 26.2 Å². The molecule has 1 aromatic carbocycles. The molecule has 0 atom stereocenters. The minimum absolute atomic E-state index is 0.00165. The first-order chi connectivity index (χ1) is 13.6. The van der Waals surface area contributed by atoms with E-state index in [0.717, 1.165) is 23.4 Å². The molecule has 148 valence electrons. The van der Waals surface area contributed by atoms with Crippen LogP contribution in [0.25, 0.3) is 0 Å². The highest BCUT2D eigenvalue weighted by Crippen LogP contribution is 2.42. The van der Waals surface area contributed by atoms with Crippen molar-refractivity contribution < 1.29 is 14.3 Å². The Hall–Kier alpha value is -2.67. The number of aromatic amines is 1. The summed E-state index contributed by atoms with van der Waals surface area (Å²) in [5.74, 6) is 0.0674. The Morgan fingerprint density at radius 2 is 1.93 bits per heavy atom. The Labute approximate surface area is 164 Å². The summed E-state index contributed by atoms with van der Waals surface area (Å²) in [6.07, 6.45) is 3.92. The van der Waals surface area contributed by atoms with Crippen LogP contribution in [0.3, 0.4) is 0 Å². The number of nitrogens with one attached hydrogen (secondary N) is 1. The number of hydrogen-bond acceptors (Lipinski definition) is 4. The number of fused-ring (bicyclic) bond motifs is 2. The van der Waals surface area contributed by atoms with Gasteiger partial charge in [-0.2, -0.15) is 0 Å². The van der Waals surface area contributed by atoms with Gasteiger partial charge >= 0.3 is 0 Å². The van der Waals surface area contributed by atoms with Crippen LogP contribution in [0.1, 0.15) is 36.7 Å². The Morgan fingerprint density at radius 1 is 1.18 bits per heavy atom. The molecule has 3 heterocycles. The Bertz CT molecular complexity index is 840. The smallest absolute Gasteiger partial charge is 0.248 e. The molecule has 2 amide bonds. The van der Waals surface area contributed by atoms with Crippen LogP contribution in [-0.4, -0.2) is 57.8 Å². The minimum atomic E-state index is -0.402. The van der Waals surface area contributed by atoms with E-state index < -0.39 is 5.54 Å². The Kier molecular flexibility index (Phi) is 5.17. The fraction of sp³-hybridized carbons (Fsp3) is 0.476. The first-order valence-corrected chi connectivity index (χ1v) is 9.80. The quantitative estimate of drug-likeness (QED) is 0.875. The number of imidazole rings is 1. The summed E-state index contributed by atoms with van der Waals surface area (Å²) in [6.45, 7) is 4.02. The molecular formula is C21H26N4O3. The molecule has 0 radical (unpaired) electrons. The van der Waals surface area contributed by atoms with Crippen molar-refractivity contribution in [3.05, 3.63) is 53.6 Å². The number of nitrogens with zero attached hydrogens (tertiary/aromatic N) is 3. The third-order valence-electron chi connectivity index (χ3n) is 5.92. The number of piperidine rings is 1. The number of H-pyrrole nitrogens is 1. The van der Waals surface area contributed by atoms with E-state index in [2.05, 4.69) is 9.97 Å². The van der Waals surface area contributed by atoms with E-state index in [1.165, 1.54) is 0 Å². The van der Waals surface area contributed by atoms with Crippen LogP contribution in [0, 0.1) is 0 Å². The molecule has 1 fully saturated rings. The van der Waals surface area contributed by atoms with Crippen molar-refractivity contribution in [3.63, 3.8) is 0 Å². The van der Waals surface area contributed by atoms with Crippen molar-refractivity contribution >= 4 is 11.8 Å². The number of aromatic nitrogens is 2. The number of amides is 2. The lowest BCUT2D eigenvalue weighted by molar-refractivity contribution is -0.144. The van der Waals surface area contributed by atoms with Gasteiger partial charge in [-0.1, -0.05) is 30.3 Å². The maximum Gasteiger partial charge on any atom is 0.248 e. The van der Waals surface area contributed by atoms with E-state index in [0.29, 0.717) is 39.1 Å². The second-order valence-corrected chi connectivity index (χ2v) is 7.54. The zero-order chi connectivity index (χ0) is 19.6. The van der Waals surface area contributed by atoms with Gasteiger partial charge in [0.15, 0.2) is 0 Å². The average Bonchev–Trinajstić information content (AvgIpc) is 3.19. The molecule has 28 heavy (non-hydrogen) atoms. The van der Waals surface area contributed by atoms with Gasteiger partial charge in [-0.25, -0.2) is 4.98 Å². The number of benzene rings is 1. The number of likely N-dealkylation sites (tertiary alicyclic amines) is 1. The number of hydrogen-bond donors (Lipinski definition) is 1. The van der Waals surface area contributed by atoms with Crippen molar-refractivity contribution in [3.8, 4) is 0 Å². The van der Waals surface area contributed by atoms with E-state index >= 15 is 0 Å². The zero-order valence-corrected chi connectivity index (χ0v) is 16.2. The van der Waals surface area contributed by atoms with Crippen LogP contribution >= 0.6 is 0 Å². The molecule has 1 spiro atoms. The number of ether oxygens (including phenoxy) is 1. The third kappa shape index (κ3) is 3.42. The van der Waals surface area contributed by atoms with Gasteiger partial charge < -0.3 is 19.5 Å². The predicted octanol–water partition coefficient (Wildman–Crippen LogP) is 1.85. The number of carbonyl (C=O) groups excluding carboxylic acids is 2. The first-order valence-electron chi connectivity index (χ1n) is 9.80. The molecule has 0 aliphatic carbocycles. The summed E-state index contributed by atoms with van der Waals surface area (Å²) < 4.78 is 5.60. The fourth-order valence-corrected chi connectivity index (χ4v) is 4.49. The molecule has 7 heteroatoms. The van der Waals surface area contributed by atoms with Crippen LogP contribution in [0.15, 0.2) is 36.7 Å². The average molecular weight is 382 g/mol. The van der Waals surface area contributed by atoms with Crippen LogP contribution < -0.4 is 0 Å². The summed E-state index contributed by atoms with van der Waals surface area (Å²) >= 11 is 0. The standard InChI is InChI=1S/C21H26N4O3/c1-16(26)25-10-7-18-20(23-15-22-18)21(25)8-11-24(12-9-21)19(27)14-28-13-17-5-3-2-4-6-17/h2-6,15H,7-14H2,1H3,(H,22,23). The molecule has 0 saturated carbocycles. The van der Waals surface area contributed by atoms with Gasteiger partial charge in [0.25, 0.3) is 0 Å². The summed E-state index contributed by atoms with van der Waals surface area (Å²) in [5, 5.41) is 0. The number of carbonyl (C=O) groups is 2. The van der Waals surface area contributed by atoms with Crippen molar-refractivity contribution in [1.82, 2.24) is 19.8 Å². The van der Waals surface area contributed by atoms with Crippen LogP contribution in [-0.2, 0) is 32.9 Å². The molecule has 0 unspecified atom stereocenters. The van der Waals surface area contributed by atoms with E-state index in [1.54, 1.807) is 13.3 Å². The van der Waals surface area contributed by atoms with E-state index in [-0.39, 0.29) is 18.4 Å². The lowest BCUT2D eigenvalue weighted by Crippen LogP contribution is -2.58. The maximum atomic E-state index is 12.6. The highest BCUT2D eigenvalue weighted by Gasteiger charge is 2.48. The summed E-state index contributed by atoms with van der Waals surface area (Å²) in [5.41, 5.74) is 2.74. The molecule has 7 nitrogen and oxygen atoms in total. The molecule has 2 aromatic rings. The van der Waals surface area contributed by atoms with Crippen molar-refractivity contribution in [2.45, 2.75) is 38.3 Å². The van der Waals surface area contributed by atoms with E-state index in [1.807, 2.05) is 40.1 Å². The maximum absolute atomic E-state index is 12.6. The number of rotatable bonds is 4. The first kappa shape index (κ1) is 18.7. The largest absolute Gasteiger partial charge is 0.367 e. The predicted molar refractivity (Wildman–Crippen MR) is 103 cm³/mol. The molecule has 0 bridgehead atoms. The van der Waals surface area contributed by atoms with Crippen LogP contribution in [0.5, 0.6) is 0 Å². The topological polar surface area (TPSA) is 78.5 Å². The van der Waals surface area contributed by atoms with Crippen molar-refractivity contribution in [1.29, 1.82) is 0 Å². The highest BCUT2D eigenvalue weighted by molar-refractivity contribution is 5.78. The molecule has 1 aromatic heterocycles. The molecule has 1 saturated heterocycles. The van der Waals surface area contributed by atoms with Gasteiger partial charge in [0.2, 0.25) is 11.8 Å². The highest BCUT2D eigenvalue weighted by atomic mass is 16.5. The second-order valence-electron chi connectivity index (χ2n) is 7.54. The fourth-order valence-electron chi connectivity index (χ4n) is 4.49. The lowest BCUT2D eigenvalue weighted by atomic mass is 9.78. The monoisotopic (exact) mass is 382 g/mol. The molecular weight excluding hydrogens is 356 g/mol. The van der Waals surface area contributed by atoms with Gasteiger partial charge in [0, 0.05) is 38.7 Å². The molecule has 1 N–H and O–H groups in total. The van der Waals surface area contributed by atoms with Crippen LogP contribution in [0.4, 0.5) is 0 Å². The van der Waals surface area contributed by atoms with E-state index in [4.69, 9.17) is 4.74 Å². The summed E-state index contributed by atoms with van der Waals surface area (Å²) in [6, 6.07) is 9.84. The molecule has 2 aliphatic heterocycles. The normalized spacial score (nSPS) is 18.2. The van der Waals surface area contributed by atoms with Gasteiger partial charge in [0.05, 0.1) is 24.2 Å². The SMILES string of the molecule is CC(=O)N1CCc2[nH]cnc2C12CCN(C(=O)COCc1ccccc1)CC2. The van der Waals surface area contributed by atoms with Gasteiger partial charge in [-0.05, 0) is 18.4 Å². The van der Waals surface area contributed by atoms with Crippen molar-refractivity contribution in [2.24, 2.45) is 0 Å². The minimum Gasteiger partial charge on any atom is -0.367 e. The third-order valence-corrected chi connectivity index (χ3v) is 5.92. The van der Waals surface area contributed by atoms with E-state index in [9.17, 15) is 9.59 Å². The van der Waals surface area contributed by atoms with Gasteiger partial charge in [0.1, 0.15) is 6.61 Å². The molecule has 4 rings (SSSR count). The lowest BCUT2D eigenvalue weighted by Gasteiger charge is -2.50. The van der Waals surface area contributed by atoms with Gasteiger partial charge in [-0.15, -0.1) is 0 Å². The summed E-state index contributed by atoms with van der Waals surface area (Å²) in [4.78, 5) is 36.4. The van der Waals surface area contributed by atoms with Gasteiger partial charge in [-0.3, -0.25) is 9.59 Å². The Balaban J connectivity index is 1.38. The summed E-state index contributed by atoms with van der Waals surface area (Å²) in [7, 11) is 0. The Morgan fingerprint density at radius 3 is 2.64 bits per heavy atom. The second kappa shape index (κ2) is 7.75. The zero-order valence-electron chi connectivity index (χ0n) is 16.2.